The number of benzene rings is 2. The normalized spacial score (nSPS) is 16.1. The lowest BCUT2D eigenvalue weighted by Gasteiger charge is -2.32. The molecule has 2 N–H and O–H groups in total. The van der Waals surface area contributed by atoms with E-state index in [1.807, 2.05) is 7.05 Å². The molecule has 0 amide bonds. The lowest BCUT2D eigenvalue weighted by molar-refractivity contribution is 0.148. The van der Waals surface area contributed by atoms with Crippen molar-refractivity contribution >= 4 is 5.96 Å². The average Bonchev–Trinajstić information content (AvgIpc) is 2.72. The Labute approximate surface area is 175 Å². The molecule has 1 aliphatic rings. The zero-order valence-electron chi connectivity index (χ0n) is 18.3. The van der Waals surface area contributed by atoms with Crippen molar-refractivity contribution in [3.63, 3.8) is 0 Å². The van der Waals surface area contributed by atoms with Gasteiger partial charge in [-0.25, -0.2) is 0 Å². The van der Waals surface area contributed by atoms with Crippen LogP contribution >= 0.6 is 0 Å². The molecule has 0 aliphatic carbocycles. The summed E-state index contributed by atoms with van der Waals surface area (Å²) in [5.41, 5.74) is 6.55. The minimum Gasteiger partial charge on any atom is -0.352 e. The highest BCUT2D eigenvalue weighted by Crippen LogP contribution is 2.11. The molecule has 156 valence electrons. The van der Waals surface area contributed by atoms with Gasteiger partial charge in [-0.2, -0.15) is 0 Å². The van der Waals surface area contributed by atoms with Crippen molar-refractivity contribution in [1.82, 2.24) is 20.4 Å². The van der Waals surface area contributed by atoms with E-state index in [4.69, 9.17) is 0 Å². The number of likely N-dealkylation sites (N-methyl/N-ethyl adjacent to an activating group) is 1. The summed E-state index contributed by atoms with van der Waals surface area (Å²) in [6.45, 7) is 11.5. The highest BCUT2D eigenvalue weighted by atomic mass is 15.2. The Balaban J connectivity index is 1.45. The number of piperazine rings is 1. The maximum absolute atomic E-state index is 4.35. The second-order valence-electron chi connectivity index (χ2n) is 8.11. The molecular formula is C24H35N5. The summed E-state index contributed by atoms with van der Waals surface area (Å²) in [5, 5.41) is 6.83. The van der Waals surface area contributed by atoms with E-state index in [-0.39, 0.29) is 0 Å². The van der Waals surface area contributed by atoms with Gasteiger partial charge in [0.15, 0.2) is 5.96 Å². The van der Waals surface area contributed by atoms with Gasteiger partial charge in [-0.3, -0.25) is 9.89 Å². The van der Waals surface area contributed by atoms with E-state index < -0.39 is 0 Å². The van der Waals surface area contributed by atoms with Gasteiger partial charge in [0, 0.05) is 52.9 Å². The molecule has 0 atom stereocenters. The van der Waals surface area contributed by atoms with E-state index >= 15 is 0 Å². The number of aryl methyl sites for hydroxylation is 2. The van der Waals surface area contributed by atoms with Gasteiger partial charge in [0.25, 0.3) is 0 Å². The molecule has 0 spiro atoms. The van der Waals surface area contributed by atoms with Gasteiger partial charge < -0.3 is 15.5 Å². The summed E-state index contributed by atoms with van der Waals surface area (Å²) < 4.78 is 0. The van der Waals surface area contributed by atoms with Gasteiger partial charge in [0.2, 0.25) is 0 Å². The van der Waals surface area contributed by atoms with Gasteiger partial charge in [0.1, 0.15) is 0 Å². The van der Waals surface area contributed by atoms with Gasteiger partial charge >= 0.3 is 0 Å². The molecule has 1 heterocycles. The van der Waals surface area contributed by atoms with Gasteiger partial charge in [-0.05, 0) is 43.1 Å². The third-order valence-electron chi connectivity index (χ3n) is 5.65. The monoisotopic (exact) mass is 393 g/mol. The van der Waals surface area contributed by atoms with Crippen LogP contribution in [0, 0.1) is 13.8 Å². The van der Waals surface area contributed by atoms with Crippen LogP contribution in [0.4, 0.5) is 0 Å². The van der Waals surface area contributed by atoms with Crippen LogP contribution in [0.3, 0.4) is 0 Å². The summed E-state index contributed by atoms with van der Waals surface area (Å²) in [6.07, 6.45) is 0. The largest absolute Gasteiger partial charge is 0.352 e. The molecular weight excluding hydrogens is 358 g/mol. The molecule has 0 unspecified atom stereocenters. The number of nitrogens with zero attached hydrogens (tertiary/aromatic N) is 3. The number of rotatable bonds is 6. The number of guanidine groups is 1. The number of nitrogens with one attached hydrogen (secondary N) is 2. The van der Waals surface area contributed by atoms with Crippen LogP contribution < -0.4 is 10.6 Å². The lowest BCUT2D eigenvalue weighted by Crippen LogP contribution is -2.43. The van der Waals surface area contributed by atoms with Gasteiger partial charge in [-0.15, -0.1) is 0 Å². The first kappa shape index (κ1) is 21.3. The number of aliphatic imine (C=N–C) groups is 1. The Morgan fingerprint density at radius 1 is 0.897 bits per heavy atom. The number of hydrogen-bond acceptors (Lipinski definition) is 3. The quantitative estimate of drug-likeness (QED) is 0.585. The Kier molecular flexibility index (Phi) is 7.67. The van der Waals surface area contributed by atoms with Crippen LogP contribution in [0.25, 0.3) is 0 Å². The van der Waals surface area contributed by atoms with E-state index in [1.165, 1.54) is 27.8 Å². The van der Waals surface area contributed by atoms with Crippen LogP contribution in [-0.2, 0) is 19.6 Å². The van der Waals surface area contributed by atoms with Crippen molar-refractivity contribution < 1.29 is 0 Å². The van der Waals surface area contributed by atoms with Crippen molar-refractivity contribution in [2.75, 3.05) is 40.3 Å². The summed E-state index contributed by atoms with van der Waals surface area (Å²) in [7, 11) is 4.01. The van der Waals surface area contributed by atoms with Crippen LogP contribution in [0.1, 0.15) is 27.8 Å². The summed E-state index contributed by atoms with van der Waals surface area (Å²) in [5.74, 6) is 0.825. The zero-order chi connectivity index (χ0) is 20.6. The predicted molar refractivity (Wildman–Crippen MR) is 122 cm³/mol. The fourth-order valence-electron chi connectivity index (χ4n) is 3.66. The van der Waals surface area contributed by atoms with E-state index in [0.29, 0.717) is 0 Å². The Morgan fingerprint density at radius 3 is 2.21 bits per heavy atom. The van der Waals surface area contributed by atoms with Crippen molar-refractivity contribution in [2.45, 2.75) is 33.5 Å². The average molecular weight is 394 g/mol. The summed E-state index contributed by atoms with van der Waals surface area (Å²) in [4.78, 5) is 9.28. The molecule has 0 radical (unpaired) electrons. The molecule has 3 rings (SSSR count). The van der Waals surface area contributed by atoms with E-state index in [2.05, 4.69) is 88.8 Å². The molecule has 1 aliphatic heterocycles. The molecule has 5 nitrogen and oxygen atoms in total. The SMILES string of the molecule is CN=C(NCc1ccc(CN2CCN(C)CC2)cc1)NCc1ccc(C)cc1C. The second-order valence-corrected chi connectivity index (χ2v) is 8.11. The van der Waals surface area contributed by atoms with Crippen molar-refractivity contribution in [3.05, 3.63) is 70.3 Å². The minimum atomic E-state index is 0.765. The van der Waals surface area contributed by atoms with Crippen molar-refractivity contribution in [3.8, 4) is 0 Å². The lowest BCUT2D eigenvalue weighted by atomic mass is 10.1. The van der Waals surface area contributed by atoms with Crippen LogP contribution in [-0.4, -0.2) is 56.0 Å². The zero-order valence-corrected chi connectivity index (χ0v) is 18.3. The topological polar surface area (TPSA) is 42.9 Å². The summed E-state index contributed by atoms with van der Waals surface area (Å²) >= 11 is 0. The fraction of sp³-hybridized carbons (Fsp3) is 0.458. The molecule has 5 heteroatoms. The predicted octanol–water partition coefficient (Wildman–Crippen LogP) is 2.92. The first-order chi connectivity index (χ1) is 14.0. The molecule has 2 aromatic carbocycles. The fourth-order valence-corrected chi connectivity index (χ4v) is 3.66. The first-order valence-corrected chi connectivity index (χ1v) is 10.5. The van der Waals surface area contributed by atoms with E-state index in [9.17, 15) is 0 Å². The molecule has 0 aromatic heterocycles. The summed E-state index contributed by atoms with van der Waals surface area (Å²) in [6, 6.07) is 15.5. The van der Waals surface area contributed by atoms with E-state index in [0.717, 1.165) is 51.8 Å². The Hall–Kier alpha value is -2.37. The highest BCUT2D eigenvalue weighted by molar-refractivity contribution is 5.79. The molecule has 2 aromatic rings. The highest BCUT2D eigenvalue weighted by Gasteiger charge is 2.13. The minimum absolute atomic E-state index is 0.765. The molecule has 29 heavy (non-hydrogen) atoms. The first-order valence-electron chi connectivity index (χ1n) is 10.5. The van der Waals surface area contributed by atoms with Gasteiger partial charge in [0.05, 0.1) is 0 Å². The van der Waals surface area contributed by atoms with E-state index in [1.54, 1.807) is 0 Å². The smallest absolute Gasteiger partial charge is 0.191 e. The maximum Gasteiger partial charge on any atom is 0.191 e. The Morgan fingerprint density at radius 2 is 1.55 bits per heavy atom. The van der Waals surface area contributed by atoms with Crippen LogP contribution in [0.5, 0.6) is 0 Å². The van der Waals surface area contributed by atoms with Crippen LogP contribution in [0.15, 0.2) is 47.5 Å². The van der Waals surface area contributed by atoms with Gasteiger partial charge in [-0.1, -0.05) is 48.0 Å². The standard InChI is InChI=1S/C24H35N5/c1-19-5-10-23(20(2)15-19)17-27-24(25-3)26-16-21-6-8-22(9-7-21)18-29-13-11-28(4)12-14-29/h5-10,15H,11-14,16-18H2,1-4H3,(H2,25,26,27). The third kappa shape index (κ3) is 6.58. The van der Waals surface area contributed by atoms with Crippen molar-refractivity contribution in [1.29, 1.82) is 0 Å². The third-order valence-corrected chi connectivity index (χ3v) is 5.65. The second kappa shape index (κ2) is 10.4. The maximum atomic E-state index is 4.35. The van der Waals surface area contributed by atoms with Crippen LogP contribution in [0.2, 0.25) is 0 Å². The Bertz CT molecular complexity index is 805. The molecule has 0 bridgehead atoms. The molecule has 0 saturated carbocycles. The van der Waals surface area contributed by atoms with Crippen molar-refractivity contribution in [2.24, 2.45) is 4.99 Å². The molecule has 1 saturated heterocycles. The number of hydrogen-bond donors (Lipinski definition) is 2. The molecule has 1 fully saturated rings.